The van der Waals surface area contributed by atoms with Crippen molar-refractivity contribution in [3.05, 3.63) is 71.3 Å². The highest BCUT2D eigenvalue weighted by Gasteiger charge is 1.99. The highest BCUT2D eigenvalue weighted by molar-refractivity contribution is 5.91. The number of carbonyl (C=O) groups is 1. The Bertz CT molecular complexity index is 655. The molecule has 0 bridgehead atoms. The summed E-state index contributed by atoms with van der Waals surface area (Å²) in [6.07, 6.45) is 3.39. The van der Waals surface area contributed by atoms with Gasteiger partial charge in [0.1, 0.15) is 5.75 Å². The van der Waals surface area contributed by atoms with Crippen LogP contribution in [0.4, 0.5) is 0 Å². The average Bonchev–Trinajstić information content (AvgIpc) is 2.59. The van der Waals surface area contributed by atoms with Gasteiger partial charge in [0.05, 0.1) is 7.11 Å². The van der Waals surface area contributed by atoms with Gasteiger partial charge in [-0.2, -0.15) is 0 Å². The van der Waals surface area contributed by atoms with E-state index in [1.807, 2.05) is 42.5 Å². The SMILES string of the molecule is COc1ccc(CNC(=O)C=Cc2ccc(C(C)C)cc2)cc1. The van der Waals surface area contributed by atoms with Crippen LogP contribution >= 0.6 is 0 Å². The average molecular weight is 309 g/mol. The van der Waals surface area contributed by atoms with Crippen molar-refractivity contribution in [1.29, 1.82) is 0 Å². The summed E-state index contributed by atoms with van der Waals surface area (Å²) in [7, 11) is 1.63. The fourth-order valence-electron chi connectivity index (χ4n) is 2.16. The van der Waals surface area contributed by atoms with Crippen LogP contribution in [0.2, 0.25) is 0 Å². The lowest BCUT2D eigenvalue weighted by Crippen LogP contribution is -2.20. The Kier molecular flexibility index (Phi) is 5.98. The fraction of sp³-hybridized carbons (Fsp3) is 0.250. The van der Waals surface area contributed by atoms with Crippen molar-refractivity contribution >= 4 is 12.0 Å². The van der Waals surface area contributed by atoms with E-state index in [1.165, 1.54) is 5.56 Å². The van der Waals surface area contributed by atoms with Crippen LogP contribution in [0.15, 0.2) is 54.6 Å². The van der Waals surface area contributed by atoms with Gasteiger partial charge in [-0.15, -0.1) is 0 Å². The predicted molar refractivity (Wildman–Crippen MR) is 94.4 cm³/mol. The van der Waals surface area contributed by atoms with E-state index in [9.17, 15) is 4.79 Å². The molecule has 0 fully saturated rings. The molecule has 0 saturated heterocycles. The fourth-order valence-corrected chi connectivity index (χ4v) is 2.16. The Morgan fingerprint density at radius 1 is 1.09 bits per heavy atom. The maximum Gasteiger partial charge on any atom is 0.244 e. The largest absolute Gasteiger partial charge is 0.497 e. The maximum atomic E-state index is 11.9. The molecule has 0 spiro atoms. The summed E-state index contributed by atoms with van der Waals surface area (Å²) < 4.78 is 5.11. The van der Waals surface area contributed by atoms with Crippen LogP contribution < -0.4 is 10.1 Å². The van der Waals surface area contributed by atoms with Crippen molar-refractivity contribution in [2.24, 2.45) is 0 Å². The van der Waals surface area contributed by atoms with Crippen LogP contribution in [0.5, 0.6) is 5.75 Å². The van der Waals surface area contributed by atoms with Gasteiger partial charge in [0.15, 0.2) is 0 Å². The summed E-state index contributed by atoms with van der Waals surface area (Å²) in [6, 6.07) is 15.9. The predicted octanol–water partition coefficient (Wildman–Crippen LogP) is 4.15. The summed E-state index contributed by atoms with van der Waals surface area (Å²) in [6.45, 7) is 4.83. The van der Waals surface area contributed by atoms with Crippen molar-refractivity contribution in [2.45, 2.75) is 26.3 Å². The summed E-state index contributed by atoms with van der Waals surface area (Å²) in [4.78, 5) is 11.9. The van der Waals surface area contributed by atoms with E-state index >= 15 is 0 Å². The van der Waals surface area contributed by atoms with E-state index in [-0.39, 0.29) is 5.91 Å². The first-order valence-electron chi connectivity index (χ1n) is 7.77. The third-order valence-electron chi connectivity index (χ3n) is 3.66. The van der Waals surface area contributed by atoms with Crippen molar-refractivity contribution in [3.63, 3.8) is 0 Å². The zero-order valence-electron chi connectivity index (χ0n) is 13.9. The molecule has 0 aromatic heterocycles. The molecule has 2 rings (SSSR count). The monoisotopic (exact) mass is 309 g/mol. The van der Waals surface area contributed by atoms with Crippen molar-refractivity contribution in [1.82, 2.24) is 5.32 Å². The molecule has 0 aliphatic carbocycles. The molecule has 3 heteroatoms. The van der Waals surface area contributed by atoms with E-state index in [0.29, 0.717) is 12.5 Å². The highest BCUT2D eigenvalue weighted by atomic mass is 16.5. The third kappa shape index (κ3) is 5.29. The van der Waals surface area contributed by atoms with Gasteiger partial charge in [0.2, 0.25) is 5.91 Å². The number of ether oxygens (including phenoxy) is 1. The molecule has 1 amide bonds. The van der Waals surface area contributed by atoms with Crippen LogP contribution in [-0.2, 0) is 11.3 Å². The van der Waals surface area contributed by atoms with Gasteiger partial charge in [-0.3, -0.25) is 4.79 Å². The Labute approximate surface area is 138 Å². The molecule has 0 unspecified atom stereocenters. The zero-order chi connectivity index (χ0) is 16.7. The van der Waals surface area contributed by atoms with E-state index < -0.39 is 0 Å². The van der Waals surface area contributed by atoms with E-state index in [1.54, 1.807) is 13.2 Å². The topological polar surface area (TPSA) is 38.3 Å². The molecule has 0 saturated carbocycles. The molecule has 0 heterocycles. The molecule has 0 atom stereocenters. The van der Waals surface area contributed by atoms with Crippen LogP contribution in [-0.4, -0.2) is 13.0 Å². The first-order valence-corrected chi connectivity index (χ1v) is 7.77. The molecule has 0 radical (unpaired) electrons. The minimum Gasteiger partial charge on any atom is -0.497 e. The molecular weight excluding hydrogens is 286 g/mol. The number of benzene rings is 2. The highest BCUT2D eigenvalue weighted by Crippen LogP contribution is 2.15. The second kappa shape index (κ2) is 8.18. The lowest BCUT2D eigenvalue weighted by atomic mass is 10.0. The molecule has 23 heavy (non-hydrogen) atoms. The summed E-state index contributed by atoms with van der Waals surface area (Å²) in [5.41, 5.74) is 3.36. The van der Waals surface area contributed by atoms with Crippen molar-refractivity contribution < 1.29 is 9.53 Å². The minimum absolute atomic E-state index is 0.103. The minimum atomic E-state index is -0.103. The van der Waals surface area contributed by atoms with Gasteiger partial charge in [-0.25, -0.2) is 0 Å². The molecule has 0 aliphatic heterocycles. The number of amides is 1. The zero-order valence-corrected chi connectivity index (χ0v) is 13.9. The van der Waals surface area contributed by atoms with Crippen molar-refractivity contribution in [3.8, 4) is 5.75 Å². The second-order valence-corrected chi connectivity index (χ2v) is 5.72. The Hall–Kier alpha value is -2.55. The molecule has 120 valence electrons. The number of hydrogen-bond donors (Lipinski definition) is 1. The first-order chi connectivity index (χ1) is 11.1. The first kappa shape index (κ1) is 16.8. The molecular formula is C20H23NO2. The van der Waals surface area contributed by atoms with Crippen LogP contribution in [0.25, 0.3) is 6.08 Å². The third-order valence-corrected chi connectivity index (χ3v) is 3.66. The molecule has 2 aromatic carbocycles. The van der Waals surface area contributed by atoms with Gasteiger partial charge in [-0.05, 0) is 40.8 Å². The summed E-state index contributed by atoms with van der Waals surface area (Å²) in [5, 5.41) is 2.87. The molecule has 1 N–H and O–H groups in total. The number of rotatable bonds is 6. The van der Waals surface area contributed by atoms with Gasteiger partial charge < -0.3 is 10.1 Å². The quantitative estimate of drug-likeness (QED) is 0.814. The van der Waals surface area contributed by atoms with Gasteiger partial charge in [-0.1, -0.05) is 50.2 Å². The number of nitrogens with one attached hydrogen (secondary N) is 1. The van der Waals surface area contributed by atoms with E-state index in [2.05, 4.69) is 31.3 Å². The number of methoxy groups -OCH3 is 1. The van der Waals surface area contributed by atoms with Gasteiger partial charge >= 0.3 is 0 Å². The van der Waals surface area contributed by atoms with E-state index in [0.717, 1.165) is 16.9 Å². The summed E-state index contributed by atoms with van der Waals surface area (Å²) >= 11 is 0. The smallest absolute Gasteiger partial charge is 0.244 e. The van der Waals surface area contributed by atoms with Crippen molar-refractivity contribution in [2.75, 3.05) is 7.11 Å². The van der Waals surface area contributed by atoms with E-state index in [4.69, 9.17) is 4.74 Å². The maximum absolute atomic E-state index is 11.9. The van der Waals surface area contributed by atoms with Gasteiger partial charge in [0.25, 0.3) is 0 Å². The Morgan fingerprint density at radius 3 is 2.30 bits per heavy atom. The number of carbonyl (C=O) groups excluding carboxylic acids is 1. The lowest BCUT2D eigenvalue weighted by Gasteiger charge is -2.05. The standard InChI is InChI=1S/C20H23NO2/c1-15(2)18-9-4-16(5-10-18)8-13-20(22)21-14-17-6-11-19(23-3)12-7-17/h4-13,15H,14H2,1-3H3,(H,21,22). The molecule has 0 aliphatic rings. The van der Waals surface area contributed by atoms with Crippen LogP contribution in [0, 0.1) is 0 Å². The molecule has 2 aromatic rings. The normalized spacial score (nSPS) is 11.0. The van der Waals surface area contributed by atoms with Crippen LogP contribution in [0.3, 0.4) is 0 Å². The lowest BCUT2D eigenvalue weighted by molar-refractivity contribution is -0.116. The Morgan fingerprint density at radius 2 is 1.74 bits per heavy atom. The number of hydrogen-bond acceptors (Lipinski definition) is 2. The Balaban J connectivity index is 1.85. The van der Waals surface area contributed by atoms with Crippen LogP contribution in [0.1, 0.15) is 36.5 Å². The second-order valence-electron chi connectivity index (χ2n) is 5.72. The summed E-state index contributed by atoms with van der Waals surface area (Å²) in [5.74, 6) is 1.22. The van der Waals surface area contributed by atoms with Gasteiger partial charge in [0, 0.05) is 12.6 Å². The molecule has 3 nitrogen and oxygen atoms in total.